The predicted molar refractivity (Wildman–Crippen MR) is 104 cm³/mol. The fourth-order valence-electron chi connectivity index (χ4n) is 2.56. The highest BCUT2D eigenvalue weighted by Gasteiger charge is 2.21. The van der Waals surface area contributed by atoms with Crippen molar-refractivity contribution in [3.63, 3.8) is 0 Å². The van der Waals surface area contributed by atoms with Gasteiger partial charge >= 0.3 is 0 Å². The maximum atomic E-state index is 6.32. The van der Waals surface area contributed by atoms with Crippen molar-refractivity contribution in [3.05, 3.63) is 64.3 Å². The third-order valence-corrected chi connectivity index (χ3v) is 4.54. The third kappa shape index (κ3) is 3.68. The Morgan fingerprint density at radius 2 is 1.64 bits per heavy atom. The van der Waals surface area contributed by atoms with Gasteiger partial charge in [-0.3, -0.25) is 0 Å². The first kappa shape index (κ1) is 17.8. The number of ether oxygens (including phenoxy) is 1. The van der Waals surface area contributed by atoms with Gasteiger partial charge in [0.15, 0.2) is 0 Å². The molecule has 0 aliphatic carbocycles. The summed E-state index contributed by atoms with van der Waals surface area (Å²) in [4.78, 5) is 0. The van der Waals surface area contributed by atoms with E-state index >= 15 is 0 Å². The van der Waals surface area contributed by atoms with E-state index in [-0.39, 0.29) is 5.41 Å². The van der Waals surface area contributed by atoms with Crippen molar-refractivity contribution in [1.82, 2.24) is 9.78 Å². The van der Waals surface area contributed by atoms with Crippen LogP contribution >= 0.6 is 23.2 Å². The summed E-state index contributed by atoms with van der Waals surface area (Å²) in [6.07, 6.45) is 0. The zero-order valence-electron chi connectivity index (χ0n) is 14.7. The van der Waals surface area contributed by atoms with Crippen LogP contribution in [-0.4, -0.2) is 16.9 Å². The van der Waals surface area contributed by atoms with Gasteiger partial charge in [-0.15, -0.1) is 0 Å². The number of aromatic nitrogens is 2. The first-order valence-corrected chi connectivity index (χ1v) is 8.75. The van der Waals surface area contributed by atoms with E-state index in [1.165, 1.54) is 0 Å². The maximum Gasteiger partial charge on any atom is 0.137 e. The molecule has 0 amide bonds. The van der Waals surface area contributed by atoms with E-state index in [1.807, 2.05) is 47.1 Å². The number of methoxy groups -OCH3 is 1. The lowest BCUT2D eigenvalue weighted by molar-refractivity contribution is 0.415. The summed E-state index contributed by atoms with van der Waals surface area (Å²) in [7, 11) is 1.61. The van der Waals surface area contributed by atoms with Crippen molar-refractivity contribution in [1.29, 1.82) is 0 Å². The van der Waals surface area contributed by atoms with Crippen LogP contribution < -0.4 is 4.74 Å². The molecule has 0 saturated heterocycles. The second-order valence-electron chi connectivity index (χ2n) is 6.90. The molecule has 0 radical (unpaired) electrons. The van der Waals surface area contributed by atoms with Crippen LogP contribution in [0.15, 0.2) is 48.5 Å². The van der Waals surface area contributed by atoms with Crippen molar-refractivity contribution in [2.75, 3.05) is 7.11 Å². The Morgan fingerprint density at radius 3 is 2.20 bits per heavy atom. The van der Waals surface area contributed by atoms with Crippen LogP contribution in [0.2, 0.25) is 10.0 Å². The molecule has 0 atom stereocenters. The molecule has 25 heavy (non-hydrogen) atoms. The molecule has 1 aromatic heterocycles. The van der Waals surface area contributed by atoms with Crippen LogP contribution in [0.5, 0.6) is 5.75 Å². The lowest BCUT2D eigenvalue weighted by atomic mass is 9.92. The van der Waals surface area contributed by atoms with Gasteiger partial charge in [-0.2, -0.15) is 5.10 Å². The first-order chi connectivity index (χ1) is 11.8. The summed E-state index contributed by atoms with van der Waals surface area (Å²) < 4.78 is 7.18. The fourth-order valence-corrected chi connectivity index (χ4v) is 2.94. The highest BCUT2D eigenvalue weighted by Crippen LogP contribution is 2.34. The number of hydrogen-bond acceptors (Lipinski definition) is 2. The molecule has 130 valence electrons. The van der Waals surface area contributed by atoms with Gasteiger partial charge in [0.2, 0.25) is 0 Å². The van der Waals surface area contributed by atoms with E-state index < -0.39 is 0 Å². The van der Waals surface area contributed by atoms with Crippen molar-refractivity contribution < 1.29 is 4.74 Å². The molecular weight excluding hydrogens is 355 g/mol. The lowest BCUT2D eigenvalue weighted by Crippen LogP contribution is -2.12. The minimum atomic E-state index is -0.0668. The third-order valence-electron chi connectivity index (χ3n) is 4.00. The molecule has 0 aliphatic heterocycles. The van der Waals surface area contributed by atoms with Crippen LogP contribution in [0.4, 0.5) is 0 Å². The maximum absolute atomic E-state index is 6.32. The van der Waals surface area contributed by atoms with Crippen molar-refractivity contribution in [3.8, 4) is 22.7 Å². The van der Waals surface area contributed by atoms with E-state index in [0.717, 1.165) is 22.6 Å². The molecule has 0 aliphatic rings. The van der Waals surface area contributed by atoms with Crippen molar-refractivity contribution >= 4 is 23.2 Å². The van der Waals surface area contributed by atoms with E-state index in [9.17, 15) is 0 Å². The van der Waals surface area contributed by atoms with E-state index in [4.69, 9.17) is 33.0 Å². The number of rotatable bonds is 3. The summed E-state index contributed by atoms with van der Waals surface area (Å²) in [5.74, 6) is 0.652. The molecule has 3 aromatic rings. The van der Waals surface area contributed by atoms with Crippen LogP contribution in [0.25, 0.3) is 16.9 Å². The van der Waals surface area contributed by atoms with Gasteiger partial charge in [-0.05, 0) is 48.5 Å². The lowest BCUT2D eigenvalue weighted by Gasteiger charge is -2.14. The molecule has 5 heteroatoms. The van der Waals surface area contributed by atoms with Gasteiger partial charge in [-0.1, -0.05) is 44.0 Å². The van der Waals surface area contributed by atoms with Gasteiger partial charge in [-0.25, -0.2) is 4.68 Å². The van der Waals surface area contributed by atoms with Crippen LogP contribution in [-0.2, 0) is 5.41 Å². The SMILES string of the molecule is COc1ccc(-c2cc(C(C)(C)C)nn2-c2ccc(Cl)cc2)cc1Cl. The average Bonchev–Trinajstić information content (AvgIpc) is 3.01. The molecule has 0 bridgehead atoms. The van der Waals surface area contributed by atoms with Crippen LogP contribution in [0.1, 0.15) is 26.5 Å². The Morgan fingerprint density at radius 1 is 0.960 bits per heavy atom. The molecular formula is C20H20Cl2N2O. The number of halogens is 2. The second kappa shape index (κ2) is 6.74. The molecule has 0 saturated carbocycles. The molecule has 0 fully saturated rings. The van der Waals surface area contributed by atoms with Crippen LogP contribution in [0.3, 0.4) is 0 Å². The van der Waals surface area contributed by atoms with E-state index in [2.05, 4.69) is 26.8 Å². The molecule has 3 nitrogen and oxygen atoms in total. The molecule has 3 rings (SSSR count). The Kier molecular flexibility index (Phi) is 4.81. The van der Waals surface area contributed by atoms with E-state index in [1.54, 1.807) is 7.11 Å². The topological polar surface area (TPSA) is 27.1 Å². The van der Waals surface area contributed by atoms with Gasteiger partial charge < -0.3 is 4.74 Å². The summed E-state index contributed by atoms with van der Waals surface area (Å²) in [6.45, 7) is 6.44. The van der Waals surface area contributed by atoms with Crippen LogP contribution in [0, 0.1) is 0 Å². The normalized spacial score (nSPS) is 11.6. The predicted octanol–water partition coefficient (Wildman–Crippen LogP) is 6.15. The smallest absolute Gasteiger partial charge is 0.137 e. The fraction of sp³-hybridized carbons (Fsp3) is 0.250. The molecule has 0 spiro atoms. The largest absolute Gasteiger partial charge is 0.495 e. The number of benzene rings is 2. The zero-order chi connectivity index (χ0) is 18.2. The van der Waals surface area contributed by atoms with Gasteiger partial charge in [0.05, 0.1) is 29.2 Å². The average molecular weight is 375 g/mol. The highest BCUT2D eigenvalue weighted by atomic mass is 35.5. The Balaban J connectivity index is 2.19. The van der Waals surface area contributed by atoms with Gasteiger partial charge in [0.1, 0.15) is 5.75 Å². The molecule has 2 aromatic carbocycles. The summed E-state index contributed by atoms with van der Waals surface area (Å²) in [5, 5.41) is 6.10. The molecule has 1 heterocycles. The Hall–Kier alpha value is -1.97. The molecule has 0 N–H and O–H groups in total. The zero-order valence-corrected chi connectivity index (χ0v) is 16.2. The number of nitrogens with zero attached hydrogens (tertiary/aromatic N) is 2. The summed E-state index contributed by atoms with van der Waals surface area (Å²) in [5.41, 5.74) is 3.83. The summed E-state index contributed by atoms with van der Waals surface area (Å²) in [6, 6.07) is 15.5. The highest BCUT2D eigenvalue weighted by molar-refractivity contribution is 6.32. The van der Waals surface area contributed by atoms with Crippen molar-refractivity contribution in [2.45, 2.75) is 26.2 Å². The van der Waals surface area contributed by atoms with Crippen molar-refractivity contribution in [2.24, 2.45) is 0 Å². The van der Waals surface area contributed by atoms with E-state index in [0.29, 0.717) is 15.8 Å². The van der Waals surface area contributed by atoms with Gasteiger partial charge in [0.25, 0.3) is 0 Å². The second-order valence-corrected chi connectivity index (χ2v) is 7.75. The standard InChI is InChI=1S/C20H20Cl2N2O/c1-20(2,3)19-12-17(13-5-10-18(25-4)16(22)11-13)24(23-19)15-8-6-14(21)7-9-15/h5-12H,1-4H3. The molecule has 0 unspecified atom stereocenters. The Labute approximate surface area is 158 Å². The first-order valence-electron chi connectivity index (χ1n) is 8.00. The number of hydrogen-bond donors (Lipinski definition) is 0. The minimum absolute atomic E-state index is 0.0668. The van der Waals surface area contributed by atoms with Gasteiger partial charge in [0, 0.05) is 16.0 Å². The minimum Gasteiger partial charge on any atom is -0.495 e. The summed E-state index contributed by atoms with van der Waals surface area (Å²) >= 11 is 12.4. The Bertz CT molecular complexity index is 893. The monoisotopic (exact) mass is 374 g/mol. The quantitative estimate of drug-likeness (QED) is 0.549.